The number of nitrogens with zero attached hydrogens (tertiary/aromatic N) is 1. The van der Waals surface area contributed by atoms with Gasteiger partial charge in [0.05, 0.1) is 0 Å². The molecule has 20 heavy (non-hydrogen) atoms. The van der Waals surface area contributed by atoms with Crippen LogP contribution in [0.1, 0.15) is 51.1 Å². The lowest BCUT2D eigenvalue weighted by atomic mass is 10.1. The molecule has 2 rings (SSSR count). The zero-order valence-corrected chi connectivity index (χ0v) is 13.2. The molecule has 0 spiro atoms. The van der Waals surface area contributed by atoms with Crippen molar-refractivity contribution in [2.24, 2.45) is 0 Å². The van der Waals surface area contributed by atoms with Crippen molar-refractivity contribution in [3.8, 4) is 0 Å². The van der Waals surface area contributed by atoms with Crippen molar-refractivity contribution in [3.63, 3.8) is 0 Å². The fourth-order valence-corrected chi connectivity index (χ4v) is 1.93. The molecule has 0 amide bonds. The quantitative estimate of drug-likeness (QED) is 0.679. The fraction of sp³-hybridized carbons (Fsp3) is 0.471. The predicted molar refractivity (Wildman–Crippen MR) is 89.4 cm³/mol. The number of unbranched alkanes of at least 4 members (excludes halogenated alkanes) is 5. The van der Waals surface area contributed by atoms with Crippen LogP contribution in [0.15, 0.2) is 48.9 Å². The Kier molecular flexibility index (Phi) is 13.2. The monoisotopic (exact) mass is 294 g/mol. The minimum absolute atomic E-state index is 0. The Bertz CT molecular complexity index is 346. The standard InChI is InChI=1S/C12H21N.C5H5N.ClH/c1-2-3-4-5-6-7-9-12-10-8-11-13-12;1-2-4-6-5-3-1;/h8,10-11,13H,2-7,9H2,1H3;1-5H;1H. The lowest BCUT2D eigenvalue weighted by Gasteiger charge is -1.99. The first-order valence-corrected chi connectivity index (χ1v) is 7.40. The van der Waals surface area contributed by atoms with E-state index in [0.717, 1.165) is 0 Å². The molecule has 2 aromatic rings. The number of aryl methyl sites for hydroxylation is 1. The van der Waals surface area contributed by atoms with Crippen LogP contribution in [-0.4, -0.2) is 9.97 Å². The highest BCUT2D eigenvalue weighted by molar-refractivity contribution is 5.85. The first-order valence-electron chi connectivity index (χ1n) is 7.40. The van der Waals surface area contributed by atoms with Crippen molar-refractivity contribution in [2.45, 2.75) is 51.9 Å². The molecule has 0 bridgehead atoms. The molecule has 0 fully saturated rings. The van der Waals surface area contributed by atoms with E-state index in [9.17, 15) is 0 Å². The number of nitrogens with one attached hydrogen (secondary N) is 1. The third-order valence-corrected chi connectivity index (χ3v) is 3.03. The Morgan fingerprint density at radius 2 is 1.60 bits per heavy atom. The Morgan fingerprint density at radius 3 is 2.10 bits per heavy atom. The molecule has 0 saturated carbocycles. The van der Waals surface area contributed by atoms with Gasteiger partial charge in [-0.15, -0.1) is 12.4 Å². The maximum atomic E-state index is 3.78. The summed E-state index contributed by atoms with van der Waals surface area (Å²) in [5.74, 6) is 0. The second kappa shape index (κ2) is 14.1. The van der Waals surface area contributed by atoms with E-state index < -0.39 is 0 Å². The summed E-state index contributed by atoms with van der Waals surface area (Å²) in [7, 11) is 0. The van der Waals surface area contributed by atoms with Gasteiger partial charge < -0.3 is 4.98 Å². The molecular formula is C17H27ClN2. The number of aromatic amines is 1. The van der Waals surface area contributed by atoms with Gasteiger partial charge >= 0.3 is 0 Å². The Morgan fingerprint density at radius 1 is 0.900 bits per heavy atom. The van der Waals surface area contributed by atoms with Crippen molar-refractivity contribution < 1.29 is 0 Å². The third-order valence-electron chi connectivity index (χ3n) is 3.03. The van der Waals surface area contributed by atoms with Crippen LogP contribution in [0.5, 0.6) is 0 Å². The Hall–Kier alpha value is -1.28. The summed E-state index contributed by atoms with van der Waals surface area (Å²) in [6, 6.07) is 9.96. The molecule has 0 aliphatic carbocycles. The summed E-state index contributed by atoms with van der Waals surface area (Å²) in [6.45, 7) is 2.26. The third kappa shape index (κ3) is 10.6. The van der Waals surface area contributed by atoms with Crippen LogP contribution in [0, 0.1) is 0 Å². The van der Waals surface area contributed by atoms with E-state index in [1.54, 1.807) is 12.4 Å². The number of aromatic nitrogens is 2. The highest BCUT2D eigenvalue weighted by Gasteiger charge is 1.93. The summed E-state index contributed by atoms with van der Waals surface area (Å²) in [6.07, 6.45) is 15.0. The smallest absolute Gasteiger partial charge is 0.0267 e. The maximum Gasteiger partial charge on any atom is 0.0267 e. The predicted octanol–water partition coefficient (Wildman–Crippen LogP) is 5.42. The Labute approximate surface area is 129 Å². The summed E-state index contributed by atoms with van der Waals surface area (Å²) >= 11 is 0. The second-order valence-corrected chi connectivity index (χ2v) is 4.74. The largest absolute Gasteiger partial charge is 0.365 e. The first kappa shape index (κ1) is 18.7. The molecule has 1 N–H and O–H groups in total. The van der Waals surface area contributed by atoms with Gasteiger partial charge in [0.1, 0.15) is 0 Å². The van der Waals surface area contributed by atoms with Crippen molar-refractivity contribution >= 4 is 12.4 Å². The van der Waals surface area contributed by atoms with Crippen LogP contribution in [-0.2, 0) is 6.42 Å². The average molecular weight is 295 g/mol. The van der Waals surface area contributed by atoms with E-state index in [1.165, 1.54) is 50.6 Å². The number of pyridine rings is 1. The molecule has 0 aliphatic rings. The number of halogens is 1. The van der Waals surface area contributed by atoms with Crippen LogP contribution >= 0.6 is 12.4 Å². The van der Waals surface area contributed by atoms with Crippen molar-refractivity contribution in [2.75, 3.05) is 0 Å². The molecule has 0 radical (unpaired) electrons. The topological polar surface area (TPSA) is 28.7 Å². The number of hydrogen-bond donors (Lipinski definition) is 1. The van der Waals surface area contributed by atoms with E-state index in [-0.39, 0.29) is 12.4 Å². The molecule has 2 heterocycles. The molecule has 112 valence electrons. The maximum absolute atomic E-state index is 3.78. The van der Waals surface area contributed by atoms with Gasteiger partial charge in [-0.3, -0.25) is 4.98 Å². The van der Waals surface area contributed by atoms with E-state index in [0.29, 0.717) is 0 Å². The molecule has 0 aromatic carbocycles. The van der Waals surface area contributed by atoms with Crippen LogP contribution in [0.25, 0.3) is 0 Å². The molecule has 3 heteroatoms. The molecule has 0 unspecified atom stereocenters. The van der Waals surface area contributed by atoms with Gasteiger partial charge in [-0.25, -0.2) is 0 Å². The van der Waals surface area contributed by atoms with E-state index in [1.807, 2.05) is 24.4 Å². The fourth-order valence-electron chi connectivity index (χ4n) is 1.93. The molecule has 0 aliphatic heterocycles. The SMILES string of the molecule is CCCCCCCCc1ccc[nH]1.Cl.c1ccncc1. The Balaban J connectivity index is 0.000000434. The van der Waals surface area contributed by atoms with Crippen LogP contribution < -0.4 is 0 Å². The average Bonchev–Trinajstić information content (AvgIpc) is 2.99. The number of hydrogen-bond acceptors (Lipinski definition) is 1. The summed E-state index contributed by atoms with van der Waals surface area (Å²) in [5, 5.41) is 0. The minimum Gasteiger partial charge on any atom is -0.365 e. The van der Waals surface area contributed by atoms with Crippen molar-refractivity contribution in [3.05, 3.63) is 54.6 Å². The highest BCUT2D eigenvalue weighted by atomic mass is 35.5. The zero-order chi connectivity index (χ0) is 13.6. The minimum atomic E-state index is 0. The van der Waals surface area contributed by atoms with Crippen molar-refractivity contribution in [1.29, 1.82) is 0 Å². The summed E-state index contributed by atoms with van der Waals surface area (Å²) in [5.41, 5.74) is 1.38. The lowest BCUT2D eigenvalue weighted by Crippen LogP contribution is -1.85. The number of rotatable bonds is 7. The zero-order valence-electron chi connectivity index (χ0n) is 12.4. The van der Waals surface area contributed by atoms with E-state index >= 15 is 0 Å². The summed E-state index contributed by atoms with van der Waals surface area (Å²) in [4.78, 5) is 7.02. The van der Waals surface area contributed by atoms with Gasteiger partial charge in [-0.05, 0) is 37.1 Å². The molecule has 2 nitrogen and oxygen atoms in total. The van der Waals surface area contributed by atoms with E-state index in [2.05, 4.69) is 29.0 Å². The lowest BCUT2D eigenvalue weighted by molar-refractivity contribution is 0.605. The van der Waals surface area contributed by atoms with Gasteiger partial charge in [0, 0.05) is 24.3 Å². The summed E-state index contributed by atoms with van der Waals surface area (Å²) < 4.78 is 0. The van der Waals surface area contributed by atoms with Gasteiger partial charge in [-0.2, -0.15) is 0 Å². The van der Waals surface area contributed by atoms with Gasteiger partial charge in [-0.1, -0.05) is 45.1 Å². The molecule has 0 saturated heterocycles. The van der Waals surface area contributed by atoms with E-state index in [4.69, 9.17) is 0 Å². The highest BCUT2D eigenvalue weighted by Crippen LogP contribution is 2.08. The van der Waals surface area contributed by atoms with Crippen molar-refractivity contribution in [1.82, 2.24) is 9.97 Å². The van der Waals surface area contributed by atoms with Crippen LogP contribution in [0.3, 0.4) is 0 Å². The molecule has 2 aromatic heterocycles. The normalized spacial score (nSPS) is 9.25. The van der Waals surface area contributed by atoms with Crippen LogP contribution in [0.4, 0.5) is 0 Å². The van der Waals surface area contributed by atoms with Crippen LogP contribution in [0.2, 0.25) is 0 Å². The van der Waals surface area contributed by atoms with Gasteiger partial charge in [0.25, 0.3) is 0 Å². The molecule has 0 atom stereocenters. The first-order chi connectivity index (χ1) is 9.43. The van der Waals surface area contributed by atoms with Gasteiger partial charge in [0.2, 0.25) is 0 Å². The number of H-pyrrole nitrogens is 1. The second-order valence-electron chi connectivity index (χ2n) is 4.74. The molecular weight excluding hydrogens is 268 g/mol. The van der Waals surface area contributed by atoms with Gasteiger partial charge in [0.15, 0.2) is 0 Å².